The van der Waals surface area contributed by atoms with Crippen molar-refractivity contribution in [2.24, 2.45) is 5.10 Å². The van der Waals surface area contributed by atoms with Gasteiger partial charge in [-0.15, -0.1) is 11.8 Å². The molecule has 0 atom stereocenters. The van der Waals surface area contributed by atoms with E-state index in [2.05, 4.69) is 44.6 Å². The van der Waals surface area contributed by atoms with Gasteiger partial charge in [-0.2, -0.15) is 5.10 Å². The van der Waals surface area contributed by atoms with E-state index in [0.29, 0.717) is 6.42 Å². The van der Waals surface area contributed by atoms with Crippen LogP contribution in [0.1, 0.15) is 12.0 Å². The molecule has 27 heavy (non-hydrogen) atoms. The molecule has 0 saturated carbocycles. The molecule has 1 amide bonds. The number of carbonyl (C=O) groups is 1. The van der Waals surface area contributed by atoms with E-state index in [1.807, 2.05) is 36.6 Å². The first-order valence-corrected chi connectivity index (χ1v) is 10.5. The normalized spacial score (nSPS) is 15.2. The van der Waals surface area contributed by atoms with E-state index in [1.54, 1.807) is 18.0 Å². The number of hydrazone groups is 1. The molecule has 6 heteroatoms. The maximum absolute atomic E-state index is 12.0. The summed E-state index contributed by atoms with van der Waals surface area (Å²) < 4.78 is 0. The van der Waals surface area contributed by atoms with Crippen LogP contribution in [0.15, 0.2) is 64.6 Å². The van der Waals surface area contributed by atoms with E-state index >= 15 is 0 Å². The first-order valence-electron chi connectivity index (χ1n) is 9.23. The van der Waals surface area contributed by atoms with Gasteiger partial charge in [0.2, 0.25) is 5.91 Å². The van der Waals surface area contributed by atoms with Gasteiger partial charge >= 0.3 is 0 Å². The topological polar surface area (TPSA) is 47.9 Å². The van der Waals surface area contributed by atoms with Gasteiger partial charge in [-0.1, -0.05) is 30.3 Å². The van der Waals surface area contributed by atoms with Crippen molar-refractivity contribution < 1.29 is 4.79 Å². The van der Waals surface area contributed by atoms with Crippen molar-refractivity contribution >= 4 is 29.6 Å². The van der Waals surface area contributed by atoms with E-state index in [-0.39, 0.29) is 5.91 Å². The number of benzene rings is 2. The second kappa shape index (κ2) is 10.1. The highest BCUT2D eigenvalue weighted by Crippen LogP contribution is 2.15. The lowest BCUT2D eigenvalue weighted by atomic mass is 10.2. The van der Waals surface area contributed by atoms with Gasteiger partial charge in [0.15, 0.2) is 0 Å². The van der Waals surface area contributed by atoms with Gasteiger partial charge in [0, 0.05) is 49.7 Å². The molecule has 0 unspecified atom stereocenters. The summed E-state index contributed by atoms with van der Waals surface area (Å²) >= 11 is 1.70. The van der Waals surface area contributed by atoms with Crippen LogP contribution < -0.4 is 10.3 Å². The number of hydrogen-bond donors (Lipinski definition) is 1. The van der Waals surface area contributed by atoms with Gasteiger partial charge < -0.3 is 4.90 Å². The van der Waals surface area contributed by atoms with Crippen molar-refractivity contribution in [1.82, 2.24) is 10.3 Å². The second-order valence-corrected chi connectivity index (χ2v) is 7.36. The van der Waals surface area contributed by atoms with Crippen LogP contribution >= 0.6 is 11.8 Å². The average molecular weight is 383 g/mol. The molecule has 1 aliphatic rings. The lowest BCUT2D eigenvalue weighted by Gasteiger charge is -2.36. The summed E-state index contributed by atoms with van der Waals surface area (Å²) in [6.07, 6.45) is 4.19. The molecule has 3 rings (SSSR count). The Morgan fingerprint density at radius 2 is 1.78 bits per heavy atom. The summed E-state index contributed by atoms with van der Waals surface area (Å²) in [6.45, 7) is 4.72. The van der Waals surface area contributed by atoms with Crippen LogP contribution in [0.2, 0.25) is 0 Å². The van der Waals surface area contributed by atoms with Gasteiger partial charge in [0.25, 0.3) is 0 Å². The Morgan fingerprint density at radius 3 is 2.44 bits per heavy atom. The quantitative estimate of drug-likeness (QED) is 0.454. The molecule has 1 saturated heterocycles. The fourth-order valence-corrected chi connectivity index (χ4v) is 3.46. The zero-order valence-corrected chi connectivity index (χ0v) is 16.5. The number of carbonyl (C=O) groups excluding carboxylic acids is 1. The minimum Gasteiger partial charge on any atom is -0.369 e. The molecule has 1 aliphatic heterocycles. The smallest absolute Gasteiger partial charge is 0.241 e. The molecule has 2 aromatic rings. The highest BCUT2D eigenvalue weighted by Gasteiger charge is 2.17. The molecule has 1 fully saturated rings. The van der Waals surface area contributed by atoms with Gasteiger partial charge in [-0.3, -0.25) is 9.69 Å². The molecule has 5 nitrogen and oxygen atoms in total. The first kappa shape index (κ1) is 19.5. The molecular weight excluding hydrogens is 356 g/mol. The fourth-order valence-electron chi connectivity index (χ4n) is 3.05. The molecule has 0 aliphatic carbocycles. The number of piperazine rings is 1. The van der Waals surface area contributed by atoms with Gasteiger partial charge in [0.05, 0.1) is 6.21 Å². The summed E-state index contributed by atoms with van der Waals surface area (Å²) in [5.41, 5.74) is 4.87. The number of anilines is 1. The van der Waals surface area contributed by atoms with E-state index in [4.69, 9.17) is 0 Å². The van der Waals surface area contributed by atoms with Crippen molar-refractivity contribution in [3.05, 3.63) is 60.2 Å². The number of thioether (sulfide) groups is 1. The molecule has 0 bridgehead atoms. The monoisotopic (exact) mass is 382 g/mol. The SMILES string of the molecule is CSc1ccc(/C=N\NC(=O)CCN2CCN(c3ccccc3)CC2)cc1. The number of para-hydroxylation sites is 1. The molecule has 0 radical (unpaired) electrons. The molecule has 2 aromatic carbocycles. The summed E-state index contributed by atoms with van der Waals surface area (Å²) in [5, 5.41) is 4.05. The van der Waals surface area contributed by atoms with Crippen LogP contribution in [0.25, 0.3) is 0 Å². The third kappa shape index (κ3) is 6.12. The summed E-state index contributed by atoms with van der Waals surface area (Å²) in [5.74, 6) is -0.0440. The molecule has 0 aromatic heterocycles. The molecular formula is C21H26N4OS. The van der Waals surface area contributed by atoms with Crippen LogP contribution in [-0.4, -0.2) is 56.0 Å². The Kier molecular flexibility index (Phi) is 7.30. The zero-order chi connectivity index (χ0) is 18.9. The Balaban J connectivity index is 1.35. The van der Waals surface area contributed by atoms with Crippen LogP contribution in [0.3, 0.4) is 0 Å². The van der Waals surface area contributed by atoms with Crippen molar-refractivity contribution in [2.75, 3.05) is 43.9 Å². The van der Waals surface area contributed by atoms with Crippen molar-refractivity contribution in [3.8, 4) is 0 Å². The minimum atomic E-state index is -0.0440. The number of hydrogen-bond acceptors (Lipinski definition) is 5. The summed E-state index contributed by atoms with van der Waals surface area (Å²) in [6, 6.07) is 18.6. The van der Waals surface area contributed by atoms with E-state index in [9.17, 15) is 4.79 Å². The van der Waals surface area contributed by atoms with Gasteiger partial charge in [-0.05, 0) is 36.1 Å². The van der Waals surface area contributed by atoms with Gasteiger partial charge in [0.1, 0.15) is 0 Å². The largest absolute Gasteiger partial charge is 0.369 e. The number of amides is 1. The highest BCUT2D eigenvalue weighted by atomic mass is 32.2. The maximum atomic E-state index is 12.0. The molecule has 1 N–H and O–H groups in total. The van der Waals surface area contributed by atoms with Crippen LogP contribution in [0.4, 0.5) is 5.69 Å². The van der Waals surface area contributed by atoms with Crippen LogP contribution in [0, 0.1) is 0 Å². The summed E-state index contributed by atoms with van der Waals surface area (Å²) in [7, 11) is 0. The molecule has 142 valence electrons. The summed E-state index contributed by atoms with van der Waals surface area (Å²) in [4.78, 5) is 17.9. The van der Waals surface area contributed by atoms with Crippen LogP contribution in [0.5, 0.6) is 0 Å². The third-order valence-corrected chi connectivity index (χ3v) is 5.41. The van der Waals surface area contributed by atoms with Crippen molar-refractivity contribution in [2.45, 2.75) is 11.3 Å². The average Bonchev–Trinajstić information content (AvgIpc) is 2.74. The molecule has 1 heterocycles. The predicted molar refractivity (Wildman–Crippen MR) is 114 cm³/mol. The van der Waals surface area contributed by atoms with Crippen molar-refractivity contribution in [1.29, 1.82) is 0 Å². The van der Waals surface area contributed by atoms with E-state index < -0.39 is 0 Å². The minimum absolute atomic E-state index is 0.0440. The number of rotatable bonds is 7. The first-order chi connectivity index (χ1) is 13.2. The van der Waals surface area contributed by atoms with E-state index in [0.717, 1.165) is 38.3 Å². The lowest BCUT2D eigenvalue weighted by molar-refractivity contribution is -0.121. The maximum Gasteiger partial charge on any atom is 0.241 e. The highest BCUT2D eigenvalue weighted by molar-refractivity contribution is 7.98. The fraction of sp³-hybridized carbons (Fsp3) is 0.333. The van der Waals surface area contributed by atoms with Gasteiger partial charge in [-0.25, -0.2) is 5.43 Å². The van der Waals surface area contributed by atoms with Crippen molar-refractivity contribution in [3.63, 3.8) is 0 Å². The standard InChI is InChI=1S/C21H26N4OS/c1-27-20-9-7-18(8-10-20)17-22-23-21(26)11-12-24-13-15-25(16-14-24)19-5-3-2-4-6-19/h2-10,17H,11-16H2,1H3,(H,23,26)/b22-17-. The van der Waals surface area contributed by atoms with E-state index in [1.165, 1.54) is 10.6 Å². The lowest BCUT2D eigenvalue weighted by Crippen LogP contribution is -2.47. The Bertz CT molecular complexity index is 741. The number of nitrogens with zero attached hydrogens (tertiary/aromatic N) is 3. The van der Waals surface area contributed by atoms with Crippen LogP contribution in [-0.2, 0) is 4.79 Å². The molecule has 0 spiro atoms. The second-order valence-electron chi connectivity index (χ2n) is 6.48. The Hall–Kier alpha value is -2.31. The zero-order valence-electron chi connectivity index (χ0n) is 15.7. The predicted octanol–water partition coefficient (Wildman–Crippen LogP) is 3.07. The number of nitrogens with one attached hydrogen (secondary N) is 1. The Morgan fingerprint density at radius 1 is 1.07 bits per heavy atom. The third-order valence-electron chi connectivity index (χ3n) is 4.67. The Labute approximate surface area is 165 Å².